The van der Waals surface area contributed by atoms with E-state index in [9.17, 15) is 13.2 Å². The van der Waals surface area contributed by atoms with Crippen molar-refractivity contribution in [3.8, 4) is 11.3 Å². The average Bonchev–Trinajstić information content (AvgIpc) is 2.74. The van der Waals surface area contributed by atoms with Gasteiger partial charge >= 0.3 is 6.18 Å². The Kier molecular flexibility index (Phi) is 3.75. The fourth-order valence-corrected chi connectivity index (χ4v) is 2.34. The highest BCUT2D eigenvalue weighted by Crippen LogP contribution is 2.32. The fourth-order valence-electron chi connectivity index (χ4n) is 1.63. The molecule has 0 radical (unpaired) electrons. The van der Waals surface area contributed by atoms with Crippen LogP contribution < -0.4 is 5.32 Å². The summed E-state index contributed by atoms with van der Waals surface area (Å²) >= 11 is 1.47. The quantitative estimate of drug-likeness (QED) is 0.928. The summed E-state index contributed by atoms with van der Waals surface area (Å²) in [7, 11) is 0. The Morgan fingerprint density at radius 1 is 1.32 bits per heavy atom. The van der Waals surface area contributed by atoms with E-state index in [0.29, 0.717) is 12.1 Å². The molecule has 0 saturated heterocycles. The number of hydrogen-bond donors (Lipinski definition) is 1. The Bertz CT molecular complexity index is 578. The minimum atomic E-state index is -4.55. The van der Waals surface area contributed by atoms with Crippen LogP contribution in [0.4, 0.5) is 19.0 Å². The van der Waals surface area contributed by atoms with Crippen LogP contribution in [0.5, 0.6) is 0 Å². The number of halogens is 3. The van der Waals surface area contributed by atoms with Crippen molar-refractivity contribution in [1.29, 1.82) is 0 Å². The zero-order valence-corrected chi connectivity index (χ0v) is 11.2. The lowest BCUT2D eigenvalue weighted by atomic mass is 10.2. The van der Waals surface area contributed by atoms with Crippen LogP contribution in [0, 0.1) is 6.92 Å². The molecule has 0 unspecified atom stereocenters. The van der Waals surface area contributed by atoms with E-state index in [1.165, 1.54) is 17.4 Å². The molecule has 2 aromatic heterocycles. The predicted octanol–water partition coefficient (Wildman–Crippen LogP) is 3.96. The van der Waals surface area contributed by atoms with Gasteiger partial charge in [-0.15, -0.1) is 11.3 Å². The van der Waals surface area contributed by atoms with Gasteiger partial charge in [-0.1, -0.05) is 0 Å². The van der Waals surface area contributed by atoms with Crippen molar-refractivity contribution in [2.24, 2.45) is 0 Å². The molecule has 0 atom stereocenters. The molecule has 0 spiro atoms. The first-order valence-corrected chi connectivity index (χ1v) is 6.54. The summed E-state index contributed by atoms with van der Waals surface area (Å²) in [6.45, 7) is 4.14. The van der Waals surface area contributed by atoms with Gasteiger partial charge in [0.25, 0.3) is 0 Å². The van der Waals surface area contributed by atoms with Crippen LogP contribution in [0.1, 0.15) is 17.6 Å². The second-order valence-corrected chi connectivity index (χ2v) is 5.00. The van der Waals surface area contributed by atoms with Gasteiger partial charge in [0.05, 0.1) is 5.69 Å². The number of alkyl halides is 3. The first kappa shape index (κ1) is 13.8. The van der Waals surface area contributed by atoms with Crippen molar-refractivity contribution in [3.05, 3.63) is 28.2 Å². The van der Waals surface area contributed by atoms with Crippen molar-refractivity contribution >= 4 is 17.2 Å². The smallest absolute Gasteiger partial charge is 0.370 e. The Balaban J connectivity index is 2.55. The molecule has 0 bridgehead atoms. The Hall–Kier alpha value is -1.63. The van der Waals surface area contributed by atoms with Gasteiger partial charge in [0.15, 0.2) is 0 Å². The van der Waals surface area contributed by atoms with E-state index in [0.717, 1.165) is 4.88 Å². The highest BCUT2D eigenvalue weighted by Gasteiger charge is 2.35. The van der Waals surface area contributed by atoms with Crippen LogP contribution in [0.25, 0.3) is 11.3 Å². The monoisotopic (exact) mass is 287 g/mol. The molecular formula is C12H12F3N3S. The van der Waals surface area contributed by atoms with Crippen LogP contribution >= 0.6 is 11.3 Å². The molecule has 19 heavy (non-hydrogen) atoms. The number of nitrogens with one attached hydrogen (secondary N) is 1. The molecule has 1 N–H and O–H groups in total. The van der Waals surface area contributed by atoms with Crippen LogP contribution in [0.2, 0.25) is 0 Å². The third kappa shape index (κ3) is 3.04. The van der Waals surface area contributed by atoms with Crippen molar-refractivity contribution < 1.29 is 13.2 Å². The summed E-state index contributed by atoms with van der Waals surface area (Å²) in [6, 6.07) is 3.30. The average molecular weight is 287 g/mol. The minimum Gasteiger partial charge on any atom is -0.370 e. The number of nitrogens with zero attached hydrogens (tertiary/aromatic N) is 2. The zero-order valence-electron chi connectivity index (χ0n) is 10.4. The number of rotatable bonds is 3. The summed E-state index contributed by atoms with van der Waals surface area (Å²) in [5.41, 5.74) is 0.995. The lowest BCUT2D eigenvalue weighted by Gasteiger charge is -2.10. The summed E-state index contributed by atoms with van der Waals surface area (Å²) in [6.07, 6.45) is -4.55. The molecule has 2 rings (SSSR count). The van der Waals surface area contributed by atoms with Gasteiger partial charge in [-0.05, 0) is 25.3 Å². The van der Waals surface area contributed by atoms with E-state index in [1.807, 2.05) is 12.3 Å². The van der Waals surface area contributed by atoms with Gasteiger partial charge in [0, 0.05) is 23.1 Å². The third-order valence-electron chi connectivity index (χ3n) is 2.47. The van der Waals surface area contributed by atoms with E-state index in [2.05, 4.69) is 15.3 Å². The molecular weight excluding hydrogens is 275 g/mol. The molecule has 0 aliphatic rings. The summed E-state index contributed by atoms with van der Waals surface area (Å²) in [5, 5.41) is 4.62. The van der Waals surface area contributed by atoms with Crippen LogP contribution in [0.15, 0.2) is 17.5 Å². The molecule has 0 aliphatic carbocycles. The topological polar surface area (TPSA) is 37.8 Å². The molecule has 0 saturated carbocycles. The Labute approximate surface area is 112 Å². The SMILES string of the molecule is CCNc1cc(-c2ccsc2C)nc(C(F)(F)F)n1. The van der Waals surface area contributed by atoms with Gasteiger partial charge in [-0.2, -0.15) is 13.2 Å². The zero-order chi connectivity index (χ0) is 14.0. The van der Waals surface area contributed by atoms with E-state index >= 15 is 0 Å². The molecule has 7 heteroatoms. The molecule has 2 aromatic rings. The maximum absolute atomic E-state index is 12.8. The fraction of sp³-hybridized carbons (Fsp3) is 0.333. The van der Waals surface area contributed by atoms with E-state index < -0.39 is 12.0 Å². The van der Waals surface area contributed by atoms with Crippen molar-refractivity contribution in [2.45, 2.75) is 20.0 Å². The summed E-state index contributed by atoms with van der Waals surface area (Å²) in [5.74, 6) is -0.933. The van der Waals surface area contributed by atoms with E-state index in [-0.39, 0.29) is 11.5 Å². The molecule has 0 fully saturated rings. The summed E-state index contributed by atoms with van der Waals surface area (Å²) in [4.78, 5) is 8.04. The first-order valence-electron chi connectivity index (χ1n) is 5.66. The molecule has 0 aliphatic heterocycles. The largest absolute Gasteiger partial charge is 0.451 e. The van der Waals surface area contributed by atoms with Gasteiger partial charge in [0.2, 0.25) is 5.82 Å². The second kappa shape index (κ2) is 5.16. The maximum Gasteiger partial charge on any atom is 0.451 e. The van der Waals surface area contributed by atoms with Crippen LogP contribution in [0.3, 0.4) is 0 Å². The van der Waals surface area contributed by atoms with Gasteiger partial charge in [-0.25, -0.2) is 9.97 Å². The van der Waals surface area contributed by atoms with Crippen molar-refractivity contribution in [3.63, 3.8) is 0 Å². The molecule has 0 amide bonds. The predicted molar refractivity (Wildman–Crippen MR) is 69.2 cm³/mol. The summed E-state index contributed by atoms with van der Waals surface area (Å²) < 4.78 is 38.3. The maximum atomic E-state index is 12.8. The Morgan fingerprint density at radius 2 is 2.05 bits per heavy atom. The first-order chi connectivity index (χ1) is 8.91. The lowest BCUT2D eigenvalue weighted by Crippen LogP contribution is -2.13. The van der Waals surface area contributed by atoms with E-state index in [1.54, 1.807) is 13.0 Å². The number of hydrogen-bond acceptors (Lipinski definition) is 4. The molecule has 2 heterocycles. The number of thiophene rings is 1. The second-order valence-electron chi connectivity index (χ2n) is 3.88. The third-order valence-corrected chi connectivity index (χ3v) is 3.32. The van der Waals surface area contributed by atoms with Gasteiger partial charge in [0.1, 0.15) is 5.82 Å². The highest BCUT2D eigenvalue weighted by molar-refractivity contribution is 7.10. The highest BCUT2D eigenvalue weighted by atomic mass is 32.1. The molecule has 3 nitrogen and oxygen atoms in total. The van der Waals surface area contributed by atoms with Crippen molar-refractivity contribution in [1.82, 2.24) is 9.97 Å². The van der Waals surface area contributed by atoms with E-state index in [4.69, 9.17) is 0 Å². The normalized spacial score (nSPS) is 11.6. The van der Waals surface area contributed by atoms with Gasteiger partial charge in [-0.3, -0.25) is 0 Å². The van der Waals surface area contributed by atoms with Crippen LogP contribution in [-0.4, -0.2) is 16.5 Å². The molecule has 102 valence electrons. The van der Waals surface area contributed by atoms with Crippen LogP contribution in [-0.2, 0) is 6.18 Å². The number of aryl methyl sites for hydroxylation is 1. The van der Waals surface area contributed by atoms with Crippen molar-refractivity contribution in [2.75, 3.05) is 11.9 Å². The molecule has 0 aromatic carbocycles. The number of aromatic nitrogens is 2. The number of anilines is 1. The standard InChI is InChI=1S/C12H12F3N3S/c1-3-16-10-6-9(8-4-5-19-7(8)2)17-11(18-10)12(13,14)15/h4-6H,3H2,1-2H3,(H,16,17,18). The van der Waals surface area contributed by atoms with Gasteiger partial charge < -0.3 is 5.32 Å². The lowest BCUT2D eigenvalue weighted by molar-refractivity contribution is -0.144. The minimum absolute atomic E-state index is 0.186. The Morgan fingerprint density at radius 3 is 2.58 bits per heavy atom.